The SMILES string of the molecule is CC(=O)Nc1ccc2c(c1)C1C=CCC1C(c1cccc3ccccc13)N2. The fourth-order valence-corrected chi connectivity index (χ4v) is 4.70. The minimum Gasteiger partial charge on any atom is -0.378 e. The second kappa shape index (κ2) is 6.27. The van der Waals surface area contributed by atoms with E-state index in [4.69, 9.17) is 0 Å². The number of nitrogens with one attached hydrogen (secondary N) is 2. The maximum atomic E-state index is 11.4. The fraction of sp³-hybridized carbons (Fsp3) is 0.208. The molecule has 134 valence electrons. The normalized spacial score (nSPS) is 22.8. The van der Waals surface area contributed by atoms with E-state index < -0.39 is 0 Å². The summed E-state index contributed by atoms with van der Waals surface area (Å²) in [7, 11) is 0. The van der Waals surface area contributed by atoms with Gasteiger partial charge < -0.3 is 10.6 Å². The average Bonchev–Trinajstić information content (AvgIpc) is 3.17. The van der Waals surface area contributed by atoms with Gasteiger partial charge in [-0.15, -0.1) is 0 Å². The van der Waals surface area contributed by atoms with Crippen LogP contribution in [0.25, 0.3) is 10.8 Å². The maximum absolute atomic E-state index is 11.4. The van der Waals surface area contributed by atoms with Crippen molar-refractivity contribution in [1.29, 1.82) is 0 Å². The summed E-state index contributed by atoms with van der Waals surface area (Å²) in [6.07, 6.45) is 5.70. The lowest BCUT2D eigenvalue weighted by molar-refractivity contribution is -0.114. The first-order valence-corrected chi connectivity index (χ1v) is 9.53. The van der Waals surface area contributed by atoms with Crippen LogP contribution in [0.3, 0.4) is 0 Å². The van der Waals surface area contributed by atoms with E-state index in [9.17, 15) is 4.79 Å². The summed E-state index contributed by atoms with van der Waals surface area (Å²) in [5, 5.41) is 9.32. The van der Waals surface area contributed by atoms with Crippen molar-refractivity contribution in [2.45, 2.75) is 25.3 Å². The molecule has 0 spiro atoms. The first-order valence-electron chi connectivity index (χ1n) is 9.53. The molecule has 2 N–H and O–H groups in total. The number of carbonyl (C=O) groups is 1. The minimum absolute atomic E-state index is 0.0362. The Morgan fingerprint density at radius 1 is 1.04 bits per heavy atom. The van der Waals surface area contributed by atoms with Crippen LogP contribution in [0.2, 0.25) is 0 Å². The lowest BCUT2D eigenvalue weighted by Crippen LogP contribution is -2.29. The first-order chi connectivity index (χ1) is 13.2. The summed E-state index contributed by atoms with van der Waals surface area (Å²) in [6.45, 7) is 1.55. The number of allylic oxidation sites excluding steroid dienone is 2. The highest BCUT2D eigenvalue weighted by molar-refractivity contribution is 5.89. The topological polar surface area (TPSA) is 41.1 Å². The van der Waals surface area contributed by atoms with Crippen molar-refractivity contribution in [2.24, 2.45) is 5.92 Å². The molecule has 1 heterocycles. The van der Waals surface area contributed by atoms with Crippen LogP contribution >= 0.6 is 0 Å². The zero-order valence-electron chi connectivity index (χ0n) is 15.3. The summed E-state index contributed by atoms with van der Waals surface area (Å²) in [5.41, 5.74) is 4.67. The predicted molar refractivity (Wildman–Crippen MR) is 111 cm³/mol. The molecule has 0 aromatic heterocycles. The quantitative estimate of drug-likeness (QED) is 0.586. The summed E-state index contributed by atoms with van der Waals surface area (Å²) >= 11 is 0. The van der Waals surface area contributed by atoms with E-state index in [0.29, 0.717) is 11.8 Å². The van der Waals surface area contributed by atoms with Gasteiger partial charge in [-0.25, -0.2) is 0 Å². The molecule has 0 fully saturated rings. The Bertz CT molecular complexity index is 1060. The smallest absolute Gasteiger partial charge is 0.221 e. The van der Waals surface area contributed by atoms with E-state index in [1.54, 1.807) is 6.92 Å². The van der Waals surface area contributed by atoms with Crippen LogP contribution < -0.4 is 10.6 Å². The molecule has 3 atom stereocenters. The summed E-state index contributed by atoms with van der Waals surface area (Å²) < 4.78 is 0. The molecular weight excluding hydrogens is 332 g/mol. The molecule has 0 saturated carbocycles. The highest BCUT2D eigenvalue weighted by Crippen LogP contribution is 2.51. The van der Waals surface area contributed by atoms with Gasteiger partial charge in [0.05, 0.1) is 6.04 Å². The third-order valence-corrected chi connectivity index (χ3v) is 5.84. The largest absolute Gasteiger partial charge is 0.378 e. The van der Waals surface area contributed by atoms with Gasteiger partial charge in [0.1, 0.15) is 0 Å². The number of carbonyl (C=O) groups excluding carboxylic acids is 1. The zero-order chi connectivity index (χ0) is 18.4. The molecule has 2 aliphatic rings. The number of anilines is 2. The van der Waals surface area contributed by atoms with Gasteiger partial charge >= 0.3 is 0 Å². The van der Waals surface area contributed by atoms with Crippen molar-refractivity contribution in [3.8, 4) is 0 Å². The molecule has 3 unspecified atom stereocenters. The number of rotatable bonds is 2. The van der Waals surface area contributed by atoms with Crippen LogP contribution in [0.1, 0.15) is 36.4 Å². The Morgan fingerprint density at radius 2 is 1.89 bits per heavy atom. The van der Waals surface area contributed by atoms with Crippen molar-refractivity contribution in [1.82, 2.24) is 0 Å². The Hall–Kier alpha value is -3.07. The molecule has 0 radical (unpaired) electrons. The van der Waals surface area contributed by atoms with Gasteiger partial charge in [0.2, 0.25) is 5.91 Å². The molecule has 3 aromatic rings. The molecule has 27 heavy (non-hydrogen) atoms. The number of amides is 1. The van der Waals surface area contributed by atoms with E-state index in [1.165, 1.54) is 21.9 Å². The van der Waals surface area contributed by atoms with E-state index >= 15 is 0 Å². The molecule has 3 heteroatoms. The second-order valence-electron chi connectivity index (χ2n) is 7.53. The molecule has 0 bridgehead atoms. The fourth-order valence-electron chi connectivity index (χ4n) is 4.70. The van der Waals surface area contributed by atoms with Crippen molar-refractivity contribution < 1.29 is 4.79 Å². The van der Waals surface area contributed by atoms with Crippen molar-refractivity contribution >= 4 is 28.1 Å². The van der Waals surface area contributed by atoms with Gasteiger partial charge in [-0.3, -0.25) is 4.79 Å². The van der Waals surface area contributed by atoms with Crippen LogP contribution in [0.5, 0.6) is 0 Å². The summed E-state index contributed by atoms with van der Waals surface area (Å²) in [5.74, 6) is 0.820. The molecule has 3 nitrogen and oxygen atoms in total. The Morgan fingerprint density at radius 3 is 2.78 bits per heavy atom. The van der Waals surface area contributed by atoms with Crippen LogP contribution in [0, 0.1) is 5.92 Å². The van der Waals surface area contributed by atoms with E-state index in [0.717, 1.165) is 17.8 Å². The number of fused-ring (bicyclic) bond motifs is 4. The predicted octanol–water partition coefficient (Wildman–Crippen LogP) is 5.62. The van der Waals surface area contributed by atoms with Crippen LogP contribution in [-0.2, 0) is 4.79 Å². The number of hydrogen-bond donors (Lipinski definition) is 2. The molecule has 3 aromatic carbocycles. The van der Waals surface area contributed by atoms with Gasteiger partial charge in [0.25, 0.3) is 0 Å². The number of benzene rings is 3. The first kappa shape index (κ1) is 16.1. The van der Waals surface area contributed by atoms with Crippen molar-refractivity contribution in [3.63, 3.8) is 0 Å². The Balaban J connectivity index is 1.60. The monoisotopic (exact) mass is 354 g/mol. The lowest BCUT2D eigenvalue weighted by atomic mass is 9.76. The van der Waals surface area contributed by atoms with Gasteiger partial charge in [-0.2, -0.15) is 0 Å². The minimum atomic E-state index is -0.0362. The molecule has 5 rings (SSSR count). The highest BCUT2D eigenvalue weighted by atomic mass is 16.1. The third kappa shape index (κ3) is 2.71. The van der Waals surface area contributed by atoms with Gasteiger partial charge in [-0.05, 0) is 52.4 Å². The van der Waals surface area contributed by atoms with Crippen molar-refractivity contribution in [3.05, 3.63) is 83.9 Å². The molecule has 0 saturated heterocycles. The Labute approximate surface area is 159 Å². The number of hydrogen-bond acceptors (Lipinski definition) is 2. The summed E-state index contributed by atoms with van der Waals surface area (Å²) in [6, 6.07) is 21.7. The van der Waals surface area contributed by atoms with E-state index in [1.807, 2.05) is 6.07 Å². The molecular formula is C24H22N2O. The lowest BCUT2D eigenvalue weighted by Gasteiger charge is -2.38. The van der Waals surface area contributed by atoms with Crippen molar-refractivity contribution in [2.75, 3.05) is 10.6 Å². The van der Waals surface area contributed by atoms with Crippen LogP contribution in [-0.4, -0.2) is 5.91 Å². The van der Waals surface area contributed by atoms with E-state index in [-0.39, 0.29) is 11.9 Å². The highest BCUT2D eigenvalue weighted by Gasteiger charge is 2.38. The standard InChI is InChI=1S/C24H22N2O/c1-15(27)25-17-12-13-23-22(14-17)19-9-5-11-21(19)24(26-23)20-10-4-7-16-6-2-3-8-18(16)20/h2-10,12-14,19,21,24,26H,11H2,1H3,(H,25,27). The second-order valence-corrected chi connectivity index (χ2v) is 7.53. The maximum Gasteiger partial charge on any atom is 0.221 e. The van der Waals surface area contributed by atoms with Gasteiger partial charge in [0, 0.05) is 24.2 Å². The molecule has 1 amide bonds. The summed E-state index contributed by atoms with van der Waals surface area (Å²) in [4.78, 5) is 11.4. The molecule has 1 aliphatic heterocycles. The van der Waals surface area contributed by atoms with Crippen LogP contribution in [0.4, 0.5) is 11.4 Å². The zero-order valence-corrected chi connectivity index (χ0v) is 15.3. The van der Waals surface area contributed by atoms with Gasteiger partial charge in [-0.1, -0.05) is 54.6 Å². The molecule has 1 aliphatic carbocycles. The Kier molecular flexibility index (Phi) is 3.75. The van der Waals surface area contributed by atoms with Gasteiger partial charge in [0.15, 0.2) is 0 Å². The third-order valence-electron chi connectivity index (χ3n) is 5.84. The average molecular weight is 354 g/mol. The van der Waals surface area contributed by atoms with E-state index in [2.05, 4.69) is 77.4 Å². The van der Waals surface area contributed by atoms with Crippen LogP contribution in [0.15, 0.2) is 72.8 Å².